The van der Waals surface area contributed by atoms with Crippen LogP contribution < -0.4 is 5.32 Å². The summed E-state index contributed by atoms with van der Waals surface area (Å²) in [5.74, 6) is 1.13. The zero-order valence-electron chi connectivity index (χ0n) is 12.9. The summed E-state index contributed by atoms with van der Waals surface area (Å²) in [7, 11) is 0. The van der Waals surface area contributed by atoms with Gasteiger partial charge in [0.15, 0.2) is 0 Å². The van der Waals surface area contributed by atoms with Gasteiger partial charge in [0.2, 0.25) is 0 Å². The van der Waals surface area contributed by atoms with Crippen molar-refractivity contribution in [1.29, 1.82) is 5.26 Å². The van der Waals surface area contributed by atoms with Gasteiger partial charge < -0.3 is 5.32 Å². The van der Waals surface area contributed by atoms with Gasteiger partial charge >= 0.3 is 0 Å². The van der Waals surface area contributed by atoms with Crippen molar-refractivity contribution in [2.75, 3.05) is 11.9 Å². The SMILES string of the molecule is CCC(CC)CNc1c(C#N)cnn1-c1ccc(Cl)c(Cl)c1Cl. The van der Waals surface area contributed by atoms with Crippen molar-refractivity contribution in [3.63, 3.8) is 0 Å². The number of hydrogen-bond acceptors (Lipinski definition) is 3. The first-order chi connectivity index (χ1) is 11.0. The summed E-state index contributed by atoms with van der Waals surface area (Å²) in [6.07, 6.45) is 3.63. The van der Waals surface area contributed by atoms with Gasteiger partial charge in [0.1, 0.15) is 17.5 Å². The highest BCUT2D eigenvalue weighted by molar-refractivity contribution is 6.48. The highest BCUT2D eigenvalue weighted by Crippen LogP contribution is 2.36. The lowest BCUT2D eigenvalue weighted by Gasteiger charge is -2.16. The minimum atomic E-state index is 0.269. The summed E-state index contributed by atoms with van der Waals surface area (Å²) in [5, 5.41) is 17.8. The smallest absolute Gasteiger partial charge is 0.147 e. The van der Waals surface area contributed by atoms with Gasteiger partial charge in [0, 0.05) is 6.54 Å². The molecule has 2 rings (SSSR count). The fraction of sp³-hybridized carbons (Fsp3) is 0.375. The van der Waals surface area contributed by atoms with Crippen molar-refractivity contribution in [2.24, 2.45) is 5.92 Å². The largest absolute Gasteiger partial charge is 0.369 e. The second-order valence-electron chi connectivity index (χ2n) is 5.19. The summed E-state index contributed by atoms with van der Waals surface area (Å²) in [6, 6.07) is 5.53. The zero-order valence-corrected chi connectivity index (χ0v) is 15.2. The molecule has 7 heteroatoms. The maximum atomic E-state index is 9.30. The Kier molecular flexibility index (Phi) is 6.17. The number of anilines is 1. The van der Waals surface area contributed by atoms with Gasteiger partial charge in [-0.2, -0.15) is 10.4 Å². The fourth-order valence-electron chi connectivity index (χ4n) is 2.28. The molecule has 4 nitrogen and oxygen atoms in total. The van der Waals surface area contributed by atoms with Gasteiger partial charge in [-0.05, 0) is 18.1 Å². The molecule has 0 aliphatic heterocycles. The van der Waals surface area contributed by atoms with E-state index in [1.807, 2.05) is 0 Å². The van der Waals surface area contributed by atoms with Crippen LogP contribution in [0.3, 0.4) is 0 Å². The average Bonchev–Trinajstić information content (AvgIpc) is 2.96. The van der Waals surface area contributed by atoms with Crippen molar-refractivity contribution in [2.45, 2.75) is 26.7 Å². The van der Waals surface area contributed by atoms with E-state index >= 15 is 0 Å². The number of benzene rings is 1. The van der Waals surface area contributed by atoms with E-state index < -0.39 is 0 Å². The minimum absolute atomic E-state index is 0.269. The number of hydrogen-bond donors (Lipinski definition) is 1. The van der Waals surface area contributed by atoms with Crippen LogP contribution in [0, 0.1) is 17.2 Å². The molecule has 0 saturated carbocycles. The molecule has 0 fully saturated rings. The quantitative estimate of drug-likeness (QED) is 0.677. The molecule has 23 heavy (non-hydrogen) atoms. The molecule has 0 unspecified atom stereocenters. The molecule has 0 radical (unpaired) electrons. The van der Waals surface area contributed by atoms with Crippen LogP contribution >= 0.6 is 34.8 Å². The molecule has 122 valence electrons. The first-order valence-electron chi connectivity index (χ1n) is 7.39. The summed E-state index contributed by atoms with van der Waals surface area (Å²) in [6.45, 7) is 5.05. The molecule has 0 spiro atoms. The van der Waals surface area contributed by atoms with Crippen molar-refractivity contribution < 1.29 is 0 Å². The lowest BCUT2D eigenvalue weighted by molar-refractivity contribution is 0.517. The summed E-state index contributed by atoms with van der Waals surface area (Å²) in [5.41, 5.74) is 1.03. The third-order valence-electron chi connectivity index (χ3n) is 3.85. The Morgan fingerprint density at radius 1 is 1.22 bits per heavy atom. The van der Waals surface area contributed by atoms with E-state index in [0.29, 0.717) is 33.0 Å². The topological polar surface area (TPSA) is 53.6 Å². The van der Waals surface area contributed by atoms with Crippen LogP contribution in [0.2, 0.25) is 15.1 Å². The van der Waals surface area contributed by atoms with E-state index in [1.165, 1.54) is 6.20 Å². The van der Waals surface area contributed by atoms with Crippen molar-refractivity contribution >= 4 is 40.6 Å². The maximum absolute atomic E-state index is 9.30. The van der Waals surface area contributed by atoms with Crippen LogP contribution in [0.25, 0.3) is 5.69 Å². The van der Waals surface area contributed by atoms with E-state index in [0.717, 1.165) is 19.4 Å². The number of nitriles is 1. The van der Waals surface area contributed by atoms with E-state index in [2.05, 4.69) is 30.3 Å². The molecular weight excluding hydrogens is 355 g/mol. The average molecular weight is 372 g/mol. The van der Waals surface area contributed by atoms with Crippen LogP contribution in [-0.2, 0) is 0 Å². The van der Waals surface area contributed by atoms with Gasteiger partial charge in [-0.25, -0.2) is 4.68 Å². The molecule has 0 aliphatic carbocycles. The number of rotatable bonds is 6. The van der Waals surface area contributed by atoms with E-state index in [-0.39, 0.29) is 5.02 Å². The molecule has 0 atom stereocenters. The third-order valence-corrected chi connectivity index (χ3v) is 5.13. The highest BCUT2D eigenvalue weighted by atomic mass is 35.5. The Labute approximate surface area is 151 Å². The Morgan fingerprint density at radius 3 is 2.52 bits per heavy atom. The Balaban J connectivity index is 2.43. The van der Waals surface area contributed by atoms with E-state index in [4.69, 9.17) is 34.8 Å². The van der Waals surface area contributed by atoms with Gasteiger partial charge in [-0.3, -0.25) is 0 Å². The summed E-state index contributed by atoms with van der Waals surface area (Å²) >= 11 is 18.4. The number of halogens is 3. The molecule has 1 heterocycles. The first-order valence-corrected chi connectivity index (χ1v) is 8.52. The van der Waals surface area contributed by atoms with Crippen LogP contribution in [0.15, 0.2) is 18.3 Å². The van der Waals surface area contributed by atoms with Gasteiger partial charge in [-0.1, -0.05) is 61.5 Å². The van der Waals surface area contributed by atoms with E-state index in [1.54, 1.807) is 16.8 Å². The molecule has 0 saturated heterocycles. The lowest BCUT2D eigenvalue weighted by Crippen LogP contribution is -2.16. The van der Waals surface area contributed by atoms with Gasteiger partial charge in [-0.15, -0.1) is 0 Å². The fourth-order valence-corrected chi connectivity index (χ4v) is 2.89. The molecule has 2 aromatic rings. The van der Waals surface area contributed by atoms with E-state index in [9.17, 15) is 5.26 Å². The molecule has 1 N–H and O–H groups in total. The molecule has 0 amide bonds. The Hall–Kier alpha value is -1.41. The van der Waals surface area contributed by atoms with Crippen LogP contribution in [0.4, 0.5) is 5.82 Å². The zero-order chi connectivity index (χ0) is 17.0. The standard InChI is InChI=1S/C16H17Cl3N4/c1-3-10(4-2)8-21-16-11(7-20)9-22-23(16)13-6-5-12(17)14(18)15(13)19/h5-6,9-10,21H,3-4,8H2,1-2H3. The van der Waals surface area contributed by atoms with Crippen molar-refractivity contribution in [3.05, 3.63) is 39.0 Å². The number of aromatic nitrogens is 2. The predicted octanol–water partition coefficient (Wildman–Crippen LogP) is 5.55. The highest BCUT2D eigenvalue weighted by Gasteiger charge is 2.17. The second kappa shape index (κ2) is 7.92. The lowest BCUT2D eigenvalue weighted by atomic mass is 10.0. The summed E-state index contributed by atoms with van der Waals surface area (Å²) in [4.78, 5) is 0. The molecule has 0 aliphatic rings. The van der Waals surface area contributed by atoms with Crippen LogP contribution in [0.5, 0.6) is 0 Å². The Bertz CT molecular complexity index is 730. The monoisotopic (exact) mass is 370 g/mol. The second-order valence-corrected chi connectivity index (χ2v) is 6.35. The minimum Gasteiger partial charge on any atom is -0.369 e. The van der Waals surface area contributed by atoms with Crippen molar-refractivity contribution in [3.8, 4) is 11.8 Å². The number of nitrogens with zero attached hydrogens (tertiary/aromatic N) is 3. The van der Waals surface area contributed by atoms with Crippen LogP contribution in [0.1, 0.15) is 32.3 Å². The first kappa shape index (κ1) is 17.9. The molecular formula is C16H17Cl3N4. The number of nitrogens with one attached hydrogen (secondary N) is 1. The third kappa shape index (κ3) is 3.74. The van der Waals surface area contributed by atoms with Crippen molar-refractivity contribution in [1.82, 2.24) is 9.78 Å². The molecule has 1 aromatic heterocycles. The maximum Gasteiger partial charge on any atom is 0.147 e. The summed E-state index contributed by atoms with van der Waals surface area (Å²) < 4.78 is 1.59. The molecule has 0 bridgehead atoms. The Morgan fingerprint density at radius 2 is 1.91 bits per heavy atom. The predicted molar refractivity (Wildman–Crippen MR) is 95.9 cm³/mol. The van der Waals surface area contributed by atoms with Gasteiger partial charge in [0.05, 0.1) is 27.0 Å². The normalized spacial score (nSPS) is 10.8. The van der Waals surface area contributed by atoms with Crippen LogP contribution in [-0.4, -0.2) is 16.3 Å². The van der Waals surface area contributed by atoms with Gasteiger partial charge in [0.25, 0.3) is 0 Å². The molecule has 1 aromatic carbocycles.